The Morgan fingerprint density at radius 1 is 1.20 bits per heavy atom. The molecule has 1 N–H and O–H groups in total. The molecule has 8 heteroatoms. The molecule has 1 atom stereocenters. The van der Waals surface area contributed by atoms with E-state index in [-0.39, 0.29) is 6.04 Å². The number of aromatic nitrogens is 5. The van der Waals surface area contributed by atoms with Crippen LogP contribution >= 0.6 is 0 Å². The van der Waals surface area contributed by atoms with Gasteiger partial charge in [0.1, 0.15) is 0 Å². The number of nitrogens with one attached hydrogen (secondary N) is 1. The lowest BCUT2D eigenvalue weighted by Crippen LogP contribution is -2.18. The highest BCUT2D eigenvalue weighted by atomic mass is 16.5. The molecular formula is C17H16N6O2. The van der Waals surface area contributed by atoms with Gasteiger partial charge in [0.05, 0.1) is 30.9 Å². The lowest BCUT2D eigenvalue weighted by molar-refractivity contribution is 0.360. The molecule has 0 fully saturated rings. The highest BCUT2D eigenvalue weighted by Gasteiger charge is 2.12. The SMILES string of the molecule is CC(NCc1nc(-c2ccco2)no1)c1ccc(-n2ccnn2)cc1. The van der Waals surface area contributed by atoms with E-state index in [0.29, 0.717) is 24.0 Å². The van der Waals surface area contributed by atoms with Crippen LogP contribution in [0.5, 0.6) is 0 Å². The molecule has 0 aliphatic rings. The molecule has 8 nitrogen and oxygen atoms in total. The fraction of sp³-hybridized carbons (Fsp3) is 0.176. The molecule has 0 spiro atoms. The predicted octanol–water partition coefficient (Wildman–Crippen LogP) is 2.76. The largest absolute Gasteiger partial charge is 0.461 e. The highest BCUT2D eigenvalue weighted by molar-refractivity contribution is 5.44. The molecule has 3 aromatic heterocycles. The number of hydrogen-bond acceptors (Lipinski definition) is 7. The number of benzene rings is 1. The highest BCUT2D eigenvalue weighted by Crippen LogP contribution is 2.18. The Bertz CT molecular complexity index is 913. The van der Waals surface area contributed by atoms with Crippen LogP contribution in [0.1, 0.15) is 24.4 Å². The zero-order chi connectivity index (χ0) is 17.1. The quantitative estimate of drug-likeness (QED) is 0.578. The summed E-state index contributed by atoms with van der Waals surface area (Å²) in [6.45, 7) is 2.55. The molecular weight excluding hydrogens is 320 g/mol. The van der Waals surface area contributed by atoms with Crippen LogP contribution in [0, 0.1) is 0 Å². The first-order valence-corrected chi connectivity index (χ1v) is 7.86. The van der Waals surface area contributed by atoms with Crippen LogP contribution in [0.3, 0.4) is 0 Å². The Morgan fingerprint density at radius 2 is 2.08 bits per heavy atom. The summed E-state index contributed by atoms with van der Waals surface area (Å²) in [5, 5.41) is 15.1. The molecule has 1 aromatic carbocycles. The summed E-state index contributed by atoms with van der Waals surface area (Å²) in [7, 11) is 0. The molecule has 1 unspecified atom stereocenters. The number of rotatable bonds is 6. The van der Waals surface area contributed by atoms with Crippen molar-refractivity contribution in [3.63, 3.8) is 0 Å². The Labute approximate surface area is 143 Å². The van der Waals surface area contributed by atoms with Gasteiger partial charge in [0.2, 0.25) is 11.7 Å². The Kier molecular flexibility index (Phi) is 4.09. The summed E-state index contributed by atoms with van der Waals surface area (Å²) >= 11 is 0. The smallest absolute Gasteiger partial charge is 0.241 e. The molecule has 0 radical (unpaired) electrons. The first kappa shape index (κ1) is 15.3. The van der Waals surface area contributed by atoms with Crippen molar-refractivity contribution < 1.29 is 8.94 Å². The van der Waals surface area contributed by atoms with E-state index in [1.807, 2.05) is 18.3 Å². The van der Waals surface area contributed by atoms with Crippen LogP contribution < -0.4 is 5.32 Å². The van der Waals surface area contributed by atoms with Gasteiger partial charge in [-0.3, -0.25) is 0 Å². The van der Waals surface area contributed by atoms with Crippen molar-refractivity contribution >= 4 is 0 Å². The summed E-state index contributed by atoms with van der Waals surface area (Å²) in [5.41, 5.74) is 2.11. The van der Waals surface area contributed by atoms with E-state index in [0.717, 1.165) is 11.3 Å². The molecule has 0 aliphatic carbocycles. The average Bonchev–Trinajstić information content (AvgIpc) is 3.42. The van der Waals surface area contributed by atoms with Gasteiger partial charge in [-0.25, -0.2) is 4.68 Å². The number of furan rings is 1. The Balaban J connectivity index is 1.38. The standard InChI is InChI=1S/C17H16N6O2/c1-12(13-4-6-14(7-5-13)23-9-8-19-22-23)18-11-16-20-17(21-25-16)15-3-2-10-24-15/h2-10,12,18H,11H2,1H3. The molecule has 0 saturated carbocycles. The van der Waals surface area contributed by atoms with Gasteiger partial charge in [-0.15, -0.1) is 5.10 Å². The zero-order valence-electron chi connectivity index (χ0n) is 13.5. The maximum absolute atomic E-state index is 5.25. The van der Waals surface area contributed by atoms with E-state index in [4.69, 9.17) is 8.94 Å². The van der Waals surface area contributed by atoms with Crippen molar-refractivity contribution in [2.75, 3.05) is 0 Å². The third kappa shape index (κ3) is 3.33. The van der Waals surface area contributed by atoms with Gasteiger partial charge < -0.3 is 14.3 Å². The van der Waals surface area contributed by atoms with Gasteiger partial charge in [0, 0.05) is 6.04 Å². The predicted molar refractivity (Wildman–Crippen MR) is 88.6 cm³/mol. The van der Waals surface area contributed by atoms with Gasteiger partial charge in [0.15, 0.2) is 5.76 Å². The molecule has 0 amide bonds. The maximum Gasteiger partial charge on any atom is 0.241 e. The summed E-state index contributed by atoms with van der Waals surface area (Å²) < 4.78 is 12.2. The minimum atomic E-state index is 0.128. The second kappa shape index (κ2) is 6.70. The van der Waals surface area contributed by atoms with Crippen LogP contribution in [0.4, 0.5) is 0 Å². The summed E-state index contributed by atoms with van der Waals surface area (Å²) in [5.74, 6) is 1.55. The van der Waals surface area contributed by atoms with E-state index in [1.165, 1.54) is 0 Å². The van der Waals surface area contributed by atoms with E-state index < -0.39 is 0 Å². The fourth-order valence-electron chi connectivity index (χ4n) is 2.45. The van der Waals surface area contributed by atoms with Crippen molar-refractivity contribution in [3.05, 3.63) is 66.5 Å². The lowest BCUT2D eigenvalue weighted by atomic mass is 10.1. The van der Waals surface area contributed by atoms with Gasteiger partial charge in [0.25, 0.3) is 0 Å². The van der Waals surface area contributed by atoms with Gasteiger partial charge in [-0.1, -0.05) is 22.5 Å². The van der Waals surface area contributed by atoms with Crippen molar-refractivity contribution in [3.8, 4) is 17.3 Å². The minimum Gasteiger partial charge on any atom is -0.461 e. The molecule has 0 bridgehead atoms. The van der Waals surface area contributed by atoms with E-state index >= 15 is 0 Å². The second-order valence-corrected chi connectivity index (χ2v) is 5.53. The Hall–Kier alpha value is -3.26. The van der Waals surface area contributed by atoms with Crippen LogP contribution in [0.15, 0.2) is 64.0 Å². The molecule has 3 heterocycles. The topological polar surface area (TPSA) is 94.8 Å². The molecule has 126 valence electrons. The minimum absolute atomic E-state index is 0.128. The first-order valence-electron chi connectivity index (χ1n) is 7.86. The van der Waals surface area contributed by atoms with Gasteiger partial charge in [-0.05, 0) is 36.8 Å². The van der Waals surface area contributed by atoms with E-state index in [2.05, 4.69) is 44.8 Å². The maximum atomic E-state index is 5.25. The van der Waals surface area contributed by atoms with Crippen molar-refractivity contribution in [2.24, 2.45) is 0 Å². The molecule has 0 saturated heterocycles. The molecule has 4 aromatic rings. The van der Waals surface area contributed by atoms with Crippen molar-refractivity contribution in [1.29, 1.82) is 0 Å². The molecule has 25 heavy (non-hydrogen) atoms. The monoisotopic (exact) mass is 336 g/mol. The average molecular weight is 336 g/mol. The summed E-state index contributed by atoms with van der Waals surface area (Å²) in [6.07, 6.45) is 5.04. The second-order valence-electron chi connectivity index (χ2n) is 5.53. The molecule has 0 aliphatic heterocycles. The van der Waals surface area contributed by atoms with Crippen molar-refractivity contribution in [2.45, 2.75) is 19.5 Å². The van der Waals surface area contributed by atoms with E-state index in [1.54, 1.807) is 29.3 Å². The lowest BCUT2D eigenvalue weighted by Gasteiger charge is -2.13. The molecule has 4 rings (SSSR count). The van der Waals surface area contributed by atoms with Gasteiger partial charge >= 0.3 is 0 Å². The third-order valence-corrected chi connectivity index (χ3v) is 3.85. The zero-order valence-corrected chi connectivity index (χ0v) is 13.5. The van der Waals surface area contributed by atoms with E-state index in [9.17, 15) is 0 Å². The van der Waals surface area contributed by atoms with Crippen molar-refractivity contribution in [1.82, 2.24) is 30.5 Å². The third-order valence-electron chi connectivity index (χ3n) is 3.85. The summed E-state index contributed by atoms with van der Waals surface area (Å²) in [6, 6.07) is 11.8. The van der Waals surface area contributed by atoms with Crippen LogP contribution in [0.25, 0.3) is 17.3 Å². The fourth-order valence-corrected chi connectivity index (χ4v) is 2.45. The number of nitrogens with zero attached hydrogens (tertiary/aromatic N) is 5. The first-order chi connectivity index (χ1) is 12.3. The Morgan fingerprint density at radius 3 is 2.80 bits per heavy atom. The summed E-state index contributed by atoms with van der Waals surface area (Å²) in [4.78, 5) is 4.31. The van der Waals surface area contributed by atoms with Crippen LogP contribution in [-0.4, -0.2) is 25.1 Å². The van der Waals surface area contributed by atoms with Gasteiger partial charge in [-0.2, -0.15) is 4.98 Å². The number of hydrogen-bond donors (Lipinski definition) is 1. The van der Waals surface area contributed by atoms with Crippen LogP contribution in [0.2, 0.25) is 0 Å². The normalized spacial score (nSPS) is 12.4. The van der Waals surface area contributed by atoms with Crippen LogP contribution in [-0.2, 0) is 6.54 Å².